The van der Waals surface area contributed by atoms with Crippen LogP contribution in [0.4, 0.5) is 0 Å². The summed E-state index contributed by atoms with van der Waals surface area (Å²) in [4.78, 5) is 0. The Balaban J connectivity index is 1.92. The van der Waals surface area contributed by atoms with E-state index in [9.17, 15) is 0 Å². The molecule has 0 heterocycles. The molecule has 0 unspecified atom stereocenters. The fourth-order valence-electron chi connectivity index (χ4n) is 1.85. The van der Waals surface area contributed by atoms with Crippen LogP contribution in [0.25, 0.3) is 0 Å². The Morgan fingerprint density at radius 2 is 1.68 bits per heavy atom. The van der Waals surface area contributed by atoms with Crippen molar-refractivity contribution in [2.75, 3.05) is 0 Å². The van der Waals surface area contributed by atoms with Crippen LogP contribution in [0.2, 0.25) is 0 Å². The molecular formula is C17H20NO. The first-order valence-corrected chi connectivity index (χ1v) is 6.62. The summed E-state index contributed by atoms with van der Waals surface area (Å²) in [5.41, 5.74) is 2.34. The second-order valence-electron chi connectivity index (χ2n) is 4.71. The highest BCUT2D eigenvalue weighted by Crippen LogP contribution is 2.19. The van der Waals surface area contributed by atoms with E-state index in [1.54, 1.807) is 0 Å². The lowest BCUT2D eigenvalue weighted by molar-refractivity contribution is 0.239. The van der Waals surface area contributed by atoms with Crippen LogP contribution in [0.5, 0.6) is 5.75 Å². The lowest BCUT2D eigenvalue weighted by Crippen LogP contribution is -2.13. The number of hydrogen-bond donors (Lipinski definition) is 1. The van der Waals surface area contributed by atoms with Crippen LogP contribution in [-0.2, 0) is 6.54 Å². The fraction of sp³-hybridized carbons (Fsp3) is 0.235. The van der Waals surface area contributed by atoms with E-state index in [-0.39, 0.29) is 6.10 Å². The molecule has 0 fully saturated rings. The van der Waals surface area contributed by atoms with Crippen molar-refractivity contribution in [1.82, 2.24) is 5.32 Å². The smallest absolute Gasteiger partial charge is 0.124 e. The predicted octanol–water partition coefficient (Wildman–Crippen LogP) is 3.77. The highest BCUT2D eigenvalue weighted by molar-refractivity contribution is 5.33. The highest BCUT2D eigenvalue weighted by Gasteiger charge is 2.04. The molecule has 0 atom stereocenters. The predicted molar refractivity (Wildman–Crippen MR) is 78.9 cm³/mol. The van der Waals surface area contributed by atoms with Crippen molar-refractivity contribution in [1.29, 1.82) is 0 Å². The molecule has 0 aliphatic rings. The van der Waals surface area contributed by atoms with Gasteiger partial charge in [-0.05, 0) is 25.5 Å². The first kappa shape index (κ1) is 13.6. The molecule has 2 nitrogen and oxygen atoms in total. The molecule has 99 valence electrons. The summed E-state index contributed by atoms with van der Waals surface area (Å²) in [6, 6.07) is 18.4. The number of benzene rings is 2. The Bertz CT molecular complexity index is 494. The molecule has 0 aliphatic carbocycles. The molecule has 0 spiro atoms. The summed E-state index contributed by atoms with van der Waals surface area (Å²) in [5.74, 6) is 0.950. The van der Waals surface area contributed by atoms with Gasteiger partial charge in [-0.3, -0.25) is 0 Å². The zero-order valence-electron chi connectivity index (χ0n) is 11.5. The third kappa shape index (κ3) is 4.42. The summed E-state index contributed by atoms with van der Waals surface area (Å²) in [5, 5.41) is 3.33. The van der Waals surface area contributed by atoms with Crippen LogP contribution in [0.15, 0.2) is 54.6 Å². The summed E-state index contributed by atoms with van der Waals surface area (Å²) < 4.78 is 5.79. The molecule has 2 rings (SSSR count). The number of rotatable bonds is 6. The van der Waals surface area contributed by atoms with E-state index < -0.39 is 0 Å². The Kier molecular flexibility index (Phi) is 4.99. The summed E-state index contributed by atoms with van der Waals surface area (Å²) in [6.45, 7) is 6.87. The van der Waals surface area contributed by atoms with Crippen LogP contribution < -0.4 is 10.1 Å². The maximum Gasteiger partial charge on any atom is 0.124 e. The molecule has 2 aromatic rings. The summed E-state index contributed by atoms with van der Waals surface area (Å²) in [6.07, 6.45) is 0.194. The van der Waals surface area contributed by atoms with Gasteiger partial charge in [-0.1, -0.05) is 48.5 Å². The SMILES string of the molecule is CC(C)Oc1ccccc1CN[CH]c1ccccc1. The van der Waals surface area contributed by atoms with Crippen molar-refractivity contribution >= 4 is 0 Å². The molecule has 2 heteroatoms. The minimum atomic E-state index is 0.194. The highest BCUT2D eigenvalue weighted by atomic mass is 16.5. The van der Waals surface area contributed by atoms with E-state index >= 15 is 0 Å². The molecule has 19 heavy (non-hydrogen) atoms. The topological polar surface area (TPSA) is 21.3 Å². The second kappa shape index (κ2) is 6.95. The van der Waals surface area contributed by atoms with Crippen molar-refractivity contribution < 1.29 is 4.74 Å². The van der Waals surface area contributed by atoms with Crippen molar-refractivity contribution in [3.05, 3.63) is 72.3 Å². The molecule has 0 aromatic heterocycles. The lowest BCUT2D eigenvalue weighted by atomic mass is 10.2. The molecule has 0 bridgehead atoms. The Morgan fingerprint density at radius 1 is 1.00 bits per heavy atom. The average molecular weight is 254 g/mol. The van der Waals surface area contributed by atoms with Gasteiger partial charge in [-0.25, -0.2) is 0 Å². The normalized spacial score (nSPS) is 10.7. The van der Waals surface area contributed by atoms with Gasteiger partial charge in [0.05, 0.1) is 12.6 Å². The first-order chi connectivity index (χ1) is 9.25. The van der Waals surface area contributed by atoms with Crippen LogP contribution in [0.1, 0.15) is 25.0 Å². The number of ether oxygens (including phenoxy) is 1. The third-order valence-electron chi connectivity index (χ3n) is 2.70. The Labute approximate surface area is 115 Å². The third-order valence-corrected chi connectivity index (χ3v) is 2.70. The zero-order valence-corrected chi connectivity index (χ0v) is 11.5. The van der Waals surface area contributed by atoms with Gasteiger partial charge in [0.2, 0.25) is 0 Å². The molecule has 0 saturated carbocycles. The zero-order chi connectivity index (χ0) is 13.5. The van der Waals surface area contributed by atoms with Crippen molar-refractivity contribution in [2.45, 2.75) is 26.5 Å². The van der Waals surface area contributed by atoms with E-state index in [1.165, 1.54) is 11.1 Å². The Hall–Kier alpha value is -1.80. The molecular weight excluding hydrogens is 234 g/mol. The average Bonchev–Trinajstić information content (AvgIpc) is 2.41. The molecule has 1 N–H and O–H groups in total. The van der Waals surface area contributed by atoms with Gasteiger partial charge >= 0.3 is 0 Å². The van der Waals surface area contributed by atoms with Crippen molar-refractivity contribution in [3.63, 3.8) is 0 Å². The van der Waals surface area contributed by atoms with Crippen LogP contribution >= 0.6 is 0 Å². The maximum atomic E-state index is 5.79. The van der Waals surface area contributed by atoms with E-state index in [1.807, 2.05) is 56.8 Å². The molecule has 0 saturated heterocycles. The van der Waals surface area contributed by atoms with Gasteiger partial charge in [0.25, 0.3) is 0 Å². The summed E-state index contributed by atoms with van der Waals surface area (Å²) in [7, 11) is 0. The minimum absolute atomic E-state index is 0.194. The monoisotopic (exact) mass is 254 g/mol. The maximum absolute atomic E-state index is 5.79. The number of para-hydroxylation sites is 1. The molecule has 0 amide bonds. The van der Waals surface area contributed by atoms with E-state index in [0.717, 1.165) is 12.3 Å². The largest absolute Gasteiger partial charge is 0.491 e. The number of nitrogens with one attached hydrogen (secondary N) is 1. The van der Waals surface area contributed by atoms with Crippen LogP contribution in [0.3, 0.4) is 0 Å². The summed E-state index contributed by atoms with van der Waals surface area (Å²) >= 11 is 0. The van der Waals surface area contributed by atoms with Crippen molar-refractivity contribution in [3.8, 4) is 5.75 Å². The van der Waals surface area contributed by atoms with Crippen molar-refractivity contribution in [2.24, 2.45) is 0 Å². The van der Waals surface area contributed by atoms with Gasteiger partial charge in [0.1, 0.15) is 5.75 Å². The standard InChI is InChI=1S/C17H20NO/c1-14(2)19-17-11-7-6-10-16(17)13-18-12-15-8-4-3-5-9-15/h3-12,14,18H,13H2,1-2H3. The van der Waals surface area contributed by atoms with Gasteiger partial charge in [0.15, 0.2) is 0 Å². The van der Waals surface area contributed by atoms with Gasteiger partial charge in [0, 0.05) is 12.1 Å². The van der Waals surface area contributed by atoms with E-state index in [0.29, 0.717) is 0 Å². The minimum Gasteiger partial charge on any atom is -0.491 e. The van der Waals surface area contributed by atoms with Gasteiger partial charge in [-0.15, -0.1) is 0 Å². The molecule has 2 aromatic carbocycles. The second-order valence-corrected chi connectivity index (χ2v) is 4.71. The van der Waals surface area contributed by atoms with Gasteiger partial charge in [-0.2, -0.15) is 0 Å². The van der Waals surface area contributed by atoms with Crippen LogP contribution in [-0.4, -0.2) is 6.10 Å². The molecule has 0 aliphatic heterocycles. The lowest BCUT2D eigenvalue weighted by Gasteiger charge is -2.14. The quantitative estimate of drug-likeness (QED) is 0.847. The van der Waals surface area contributed by atoms with Gasteiger partial charge < -0.3 is 10.1 Å². The number of hydrogen-bond acceptors (Lipinski definition) is 2. The van der Waals surface area contributed by atoms with E-state index in [2.05, 4.69) is 23.5 Å². The van der Waals surface area contributed by atoms with E-state index in [4.69, 9.17) is 4.74 Å². The molecule has 1 radical (unpaired) electrons. The fourth-order valence-corrected chi connectivity index (χ4v) is 1.85. The van der Waals surface area contributed by atoms with Crippen LogP contribution in [0, 0.1) is 6.54 Å². The Morgan fingerprint density at radius 3 is 2.42 bits per heavy atom. The first-order valence-electron chi connectivity index (χ1n) is 6.62.